The third-order valence-electron chi connectivity index (χ3n) is 3.37. The molecule has 1 N–H and O–H groups in total. The summed E-state index contributed by atoms with van der Waals surface area (Å²) in [5.41, 5.74) is 2.67. The highest BCUT2D eigenvalue weighted by atomic mass is 79.9. The smallest absolute Gasteiger partial charge is 0.0726 e. The maximum Gasteiger partial charge on any atom is 0.0726 e. The third-order valence-corrected chi connectivity index (χ3v) is 3.87. The molecule has 0 saturated carbocycles. The number of rotatable bonds is 4. The summed E-state index contributed by atoms with van der Waals surface area (Å²) < 4.78 is 6.95. The van der Waals surface area contributed by atoms with E-state index in [-0.39, 0.29) is 12.2 Å². The number of hydrogen-bond acceptors (Lipinski definition) is 3. The van der Waals surface area contributed by atoms with Crippen molar-refractivity contribution in [3.05, 3.63) is 28.2 Å². The van der Waals surface area contributed by atoms with Crippen LogP contribution in [-0.2, 0) is 11.3 Å². The molecule has 0 unspecified atom stereocenters. The van der Waals surface area contributed by atoms with Gasteiger partial charge >= 0.3 is 0 Å². The summed E-state index contributed by atoms with van der Waals surface area (Å²) in [7, 11) is 0. The fourth-order valence-corrected chi connectivity index (χ4v) is 2.96. The van der Waals surface area contributed by atoms with Gasteiger partial charge in [0.25, 0.3) is 0 Å². The molecular formula is C15H23BrN2O. The average Bonchev–Trinajstić information content (AvgIpc) is 2.36. The molecule has 0 amide bonds. The van der Waals surface area contributed by atoms with Crippen molar-refractivity contribution in [1.29, 1.82) is 0 Å². The second kappa shape index (κ2) is 6.73. The highest BCUT2D eigenvalue weighted by Crippen LogP contribution is 2.28. The van der Waals surface area contributed by atoms with Gasteiger partial charge in [0.1, 0.15) is 0 Å². The molecule has 0 aromatic heterocycles. The van der Waals surface area contributed by atoms with Gasteiger partial charge in [-0.1, -0.05) is 28.9 Å². The minimum Gasteiger partial charge on any atom is -0.372 e. The van der Waals surface area contributed by atoms with Crippen LogP contribution in [0.25, 0.3) is 0 Å². The SMILES string of the molecule is CCNCc1ccc(Br)cc1N1C[C@@H](C)O[C@@H](C)C1. The summed E-state index contributed by atoms with van der Waals surface area (Å²) in [6, 6.07) is 6.54. The standard InChI is InChI=1S/C15H23BrN2O/c1-4-17-8-13-5-6-14(16)7-15(13)18-9-11(2)19-12(3)10-18/h5-7,11-12,17H,4,8-10H2,1-3H3/t11-,12+. The molecule has 1 heterocycles. The van der Waals surface area contributed by atoms with Crippen molar-refractivity contribution in [2.75, 3.05) is 24.5 Å². The molecule has 2 atom stereocenters. The molecule has 1 saturated heterocycles. The fourth-order valence-electron chi connectivity index (χ4n) is 2.62. The fraction of sp³-hybridized carbons (Fsp3) is 0.600. The number of nitrogens with zero attached hydrogens (tertiary/aromatic N) is 1. The number of anilines is 1. The molecular weight excluding hydrogens is 304 g/mol. The summed E-state index contributed by atoms with van der Waals surface area (Å²) in [5, 5.41) is 3.41. The highest BCUT2D eigenvalue weighted by molar-refractivity contribution is 9.10. The van der Waals surface area contributed by atoms with Crippen LogP contribution in [0.1, 0.15) is 26.3 Å². The van der Waals surface area contributed by atoms with Crippen LogP contribution in [0.5, 0.6) is 0 Å². The quantitative estimate of drug-likeness (QED) is 0.919. The molecule has 4 heteroatoms. The van der Waals surface area contributed by atoms with Crippen LogP contribution >= 0.6 is 15.9 Å². The van der Waals surface area contributed by atoms with E-state index in [1.165, 1.54) is 11.3 Å². The van der Waals surface area contributed by atoms with E-state index in [1.54, 1.807) is 0 Å². The van der Waals surface area contributed by atoms with Gasteiger partial charge in [-0.15, -0.1) is 0 Å². The van der Waals surface area contributed by atoms with Crippen LogP contribution in [0.4, 0.5) is 5.69 Å². The minimum absolute atomic E-state index is 0.287. The number of hydrogen-bond donors (Lipinski definition) is 1. The lowest BCUT2D eigenvalue weighted by atomic mass is 10.1. The molecule has 1 fully saturated rings. The first-order valence-corrected chi connectivity index (χ1v) is 7.79. The van der Waals surface area contributed by atoms with E-state index in [4.69, 9.17) is 4.74 Å². The van der Waals surface area contributed by atoms with E-state index in [1.807, 2.05) is 0 Å². The average molecular weight is 327 g/mol. The summed E-state index contributed by atoms with van der Waals surface area (Å²) in [6.07, 6.45) is 0.574. The van der Waals surface area contributed by atoms with Crippen molar-refractivity contribution < 1.29 is 4.74 Å². The van der Waals surface area contributed by atoms with Gasteiger partial charge in [-0.3, -0.25) is 0 Å². The first-order chi connectivity index (χ1) is 9.10. The highest BCUT2D eigenvalue weighted by Gasteiger charge is 2.23. The number of halogens is 1. The zero-order valence-electron chi connectivity index (χ0n) is 11.9. The van der Waals surface area contributed by atoms with Gasteiger partial charge in [-0.2, -0.15) is 0 Å². The summed E-state index contributed by atoms with van der Waals surface area (Å²) in [6.45, 7) is 10.2. The van der Waals surface area contributed by atoms with Gasteiger partial charge < -0.3 is 15.0 Å². The predicted molar refractivity (Wildman–Crippen MR) is 83.7 cm³/mol. The minimum atomic E-state index is 0.287. The van der Waals surface area contributed by atoms with Gasteiger partial charge in [0, 0.05) is 29.8 Å². The lowest BCUT2D eigenvalue weighted by Gasteiger charge is -2.38. The van der Waals surface area contributed by atoms with Crippen molar-refractivity contribution in [2.24, 2.45) is 0 Å². The van der Waals surface area contributed by atoms with E-state index in [0.29, 0.717) is 0 Å². The Morgan fingerprint density at radius 2 is 2.00 bits per heavy atom. The summed E-state index contributed by atoms with van der Waals surface area (Å²) >= 11 is 3.58. The Kier molecular flexibility index (Phi) is 5.25. The maximum atomic E-state index is 5.82. The van der Waals surface area contributed by atoms with Crippen LogP contribution in [-0.4, -0.2) is 31.8 Å². The lowest BCUT2D eigenvalue weighted by molar-refractivity contribution is -0.00526. The van der Waals surface area contributed by atoms with Crippen LogP contribution in [0.2, 0.25) is 0 Å². The van der Waals surface area contributed by atoms with Crippen molar-refractivity contribution in [3.8, 4) is 0 Å². The molecule has 0 radical (unpaired) electrons. The molecule has 0 spiro atoms. The second-order valence-electron chi connectivity index (χ2n) is 5.22. The molecule has 3 nitrogen and oxygen atoms in total. The van der Waals surface area contributed by atoms with Gasteiger partial charge in [-0.05, 0) is 38.1 Å². The first-order valence-electron chi connectivity index (χ1n) is 6.99. The molecule has 19 heavy (non-hydrogen) atoms. The Hall–Kier alpha value is -0.580. The number of ether oxygens (including phenoxy) is 1. The topological polar surface area (TPSA) is 24.5 Å². The Bertz CT molecular complexity index is 415. The molecule has 106 valence electrons. The van der Waals surface area contributed by atoms with Gasteiger partial charge in [0.05, 0.1) is 12.2 Å². The second-order valence-corrected chi connectivity index (χ2v) is 6.13. The Morgan fingerprint density at radius 1 is 1.32 bits per heavy atom. The van der Waals surface area contributed by atoms with Gasteiger partial charge in [0.15, 0.2) is 0 Å². The molecule has 1 aromatic rings. The van der Waals surface area contributed by atoms with E-state index in [0.717, 1.165) is 30.7 Å². The molecule has 0 bridgehead atoms. The Balaban J connectivity index is 2.23. The number of morpholine rings is 1. The van der Waals surface area contributed by atoms with Crippen molar-refractivity contribution in [2.45, 2.75) is 39.5 Å². The Morgan fingerprint density at radius 3 is 2.63 bits per heavy atom. The Labute approximate surface area is 124 Å². The van der Waals surface area contributed by atoms with Crippen molar-refractivity contribution in [1.82, 2.24) is 5.32 Å². The molecule has 1 aromatic carbocycles. The molecule has 1 aliphatic heterocycles. The van der Waals surface area contributed by atoms with E-state index >= 15 is 0 Å². The molecule has 1 aliphatic rings. The lowest BCUT2D eigenvalue weighted by Crippen LogP contribution is -2.46. The molecule has 2 rings (SSSR count). The zero-order valence-corrected chi connectivity index (χ0v) is 13.5. The van der Waals surface area contributed by atoms with E-state index in [9.17, 15) is 0 Å². The van der Waals surface area contributed by atoms with Crippen LogP contribution in [0.3, 0.4) is 0 Å². The van der Waals surface area contributed by atoms with E-state index in [2.05, 4.69) is 65.1 Å². The summed E-state index contributed by atoms with van der Waals surface area (Å²) in [4.78, 5) is 2.44. The molecule has 0 aliphatic carbocycles. The van der Waals surface area contributed by atoms with Gasteiger partial charge in [0.2, 0.25) is 0 Å². The van der Waals surface area contributed by atoms with Gasteiger partial charge in [-0.25, -0.2) is 0 Å². The number of benzene rings is 1. The summed E-state index contributed by atoms with van der Waals surface area (Å²) in [5.74, 6) is 0. The third kappa shape index (κ3) is 3.94. The maximum absolute atomic E-state index is 5.82. The largest absolute Gasteiger partial charge is 0.372 e. The zero-order chi connectivity index (χ0) is 13.8. The monoisotopic (exact) mass is 326 g/mol. The van der Waals surface area contributed by atoms with Crippen LogP contribution < -0.4 is 10.2 Å². The normalized spacial score (nSPS) is 23.7. The first kappa shape index (κ1) is 14.8. The predicted octanol–water partition coefficient (Wildman–Crippen LogP) is 3.17. The van der Waals surface area contributed by atoms with Crippen LogP contribution in [0, 0.1) is 0 Å². The van der Waals surface area contributed by atoms with Crippen molar-refractivity contribution >= 4 is 21.6 Å². The van der Waals surface area contributed by atoms with Crippen LogP contribution in [0.15, 0.2) is 22.7 Å². The number of nitrogens with one attached hydrogen (secondary N) is 1. The van der Waals surface area contributed by atoms with E-state index < -0.39 is 0 Å². The van der Waals surface area contributed by atoms with Crippen molar-refractivity contribution in [3.63, 3.8) is 0 Å².